The second-order valence-corrected chi connectivity index (χ2v) is 9.50. The zero-order chi connectivity index (χ0) is 22.9. The van der Waals surface area contributed by atoms with Gasteiger partial charge < -0.3 is 9.80 Å². The van der Waals surface area contributed by atoms with Crippen LogP contribution in [-0.2, 0) is 4.79 Å². The van der Waals surface area contributed by atoms with Crippen molar-refractivity contribution in [3.63, 3.8) is 0 Å². The highest BCUT2D eigenvalue weighted by Gasteiger charge is 2.25. The van der Waals surface area contributed by atoms with Crippen molar-refractivity contribution in [1.29, 1.82) is 0 Å². The highest BCUT2D eigenvalue weighted by atomic mass is 35.5. The number of rotatable bonds is 4. The fourth-order valence-electron chi connectivity index (χ4n) is 4.29. The molecule has 2 aliphatic heterocycles. The molecule has 2 amide bonds. The number of thioether (sulfide) groups is 1. The van der Waals surface area contributed by atoms with Crippen molar-refractivity contribution < 1.29 is 9.59 Å². The zero-order valence-electron chi connectivity index (χ0n) is 18.2. The largest absolute Gasteiger partial charge is 0.368 e. The molecule has 2 aromatic carbocycles. The number of pyridine rings is 1. The Balaban J connectivity index is 1.48. The van der Waals surface area contributed by atoms with E-state index in [4.69, 9.17) is 11.6 Å². The molecule has 0 aliphatic carbocycles. The first kappa shape index (κ1) is 21.9. The summed E-state index contributed by atoms with van der Waals surface area (Å²) in [4.78, 5) is 33.2. The van der Waals surface area contributed by atoms with E-state index in [-0.39, 0.29) is 11.1 Å². The van der Waals surface area contributed by atoms with E-state index in [1.165, 1.54) is 0 Å². The molecular formula is C25H23ClN4O2S. The molecule has 2 saturated heterocycles. The molecule has 1 N–H and O–H groups in total. The average molecular weight is 479 g/mol. The predicted octanol–water partition coefficient (Wildman–Crippen LogP) is 5.02. The van der Waals surface area contributed by atoms with Crippen molar-refractivity contribution in [2.75, 3.05) is 37.6 Å². The quantitative estimate of drug-likeness (QED) is 0.531. The maximum Gasteiger partial charge on any atom is 0.290 e. The van der Waals surface area contributed by atoms with Crippen LogP contribution in [0, 0.1) is 0 Å². The Bertz CT molecular complexity index is 1280. The Morgan fingerprint density at radius 3 is 2.61 bits per heavy atom. The van der Waals surface area contributed by atoms with E-state index < -0.39 is 0 Å². The van der Waals surface area contributed by atoms with Crippen LogP contribution in [0.4, 0.5) is 10.5 Å². The molecular weight excluding hydrogens is 456 g/mol. The summed E-state index contributed by atoms with van der Waals surface area (Å²) in [5.74, 6) is -0.362. The van der Waals surface area contributed by atoms with Gasteiger partial charge >= 0.3 is 0 Å². The molecule has 168 valence electrons. The van der Waals surface area contributed by atoms with Crippen molar-refractivity contribution in [2.45, 2.75) is 6.92 Å². The lowest BCUT2D eigenvalue weighted by atomic mass is 10.0. The summed E-state index contributed by atoms with van der Waals surface area (Å²) in [5, 5.41) is 4.66. The molecule has 6 nitrogen and oxygen atoms in total. The van der Waals surface area contributed by atoms with Crippen LogP contribution in [0.3, 0.4) is 0 Å². The number of likely N-dealkylation sites (N-methyl/N-ethyl adjacent to an activating group) is 1. The second-order valence-electron chi connectivity index (χ2n) is 8.08. The molecule has 0 radical (unpaired) electrons. The van der Waals surface area contributed by atoms with Crippen LogP contribution < -0.4 is 10.2 Å². The van der Waals surface area contributed by atoms with Crippen LogP contribution in [0.5, 0.6) is 0 Å². The summed E-state index contributed by atoms with van der Waals surface area (Å²) in [6.07, 6.45) is 3.52. The molecule has 0 atom stereocenters. The van der Waals surface area contributed by atoms with Crippen LogP contribution in [-0.4, -0.2) is 53.8 Å². The maximum atomic E-state index is 11.9. The molecule has 0 spiro atoms. The van der Waals surface area contributed by atoms with Gasteiger partial charge in [0, 0.05) is 43.3 Å². The SMILES string of the molecule is CCN1CCN(c2ccc(-c3nccc4ccc(C=C5SC(=O)NC5=O)cc34)cc2Cl)CC1. The Morgan fingerprint density at radius 1 is 1.09 bits per heavy atom. The van der Waals surface area contributed by atoms with Gasteiger partial charge in [0.2, 0.25) is 0 Å². The normalized spacial score (nSPS) is 18.4. The van der Waals surface area contributed by atoms with Gasteiger partial charge in [-0.15, -0.1) is 0 Å². The van der Waals surface area contributed by atoms with E-state index in [2.05, 4.69) is 39.2 Å². The smallest absolute Gasteiger partial charge is 0.290 e. The Labute approximate surface area is 201 Å². The highest BCUT2D eigenvalue weighted by Crippen LogP contribution is 2.35. The fraction of sp³-hybridized carbons (Fsp3) is 0.240. The first-order valence-corrected chi connectivity index (χ1v) is 12.1. The molecule has 2 fully saturated rings. The molecule has 3 aromatic rings. The Morgan fingerprint density at radius 2 is 1.91 bits per heavy atom. The van der Waals surface area contributed by atoms with Gasteiger partial charge in [0.25, 0.3) is 11.1 Å². The van der Waals surface area contributed by atoms with Gasteiger partial charge in [-0.2, -0.15) is 0 Å². The number of benzene rings is 2. The topological polar surface area (TPSA) is 65.5 Å². The lowest BCUT2D eigenvalue weighted by molar-refractivity contribution is -0.115. The van der Waals surface area contributed by atoms with E-state index in [0.717, 1.165) is 77.8 Å². The lowest BCUT2D eigenvalue weighted by Gasteiger charge is -2.36. The molecule has 1 aromatic heterocycles. The number of carbonyl (C=O) groups is 2. The summed E-state index contributed by atoms with van der Waals surface area (Å²) in [7, 11) is 0. The van der Waals surface area contributed by atoms with E-state index in [1.54, 1.807) is 12.3 Å². The third-order valence-electron chi connectivity index (χ3n) is 6.11. The molecule has 2 aliphatic rings. The van der Waals surface area contributed by atoms with Crippen molar-refractivity contribution in [3.8, 4) is 11.3 Å². The average Bonchev–Trinajstić information content (AvgIpc) is 3.15. The highest BCUT2D eigenvalue weighted by molar-refractivity contribution is 8.18. The summed E-state index contributed by atoms with van der Waals surface area (Å²) in [6, 6.07) is 14.0. The van der Waals surface area contributed by atoms with E-state index >= 15 is 0 Å². The minimum absolute atomic E-state index is 0.347. The Hall–Kier alpha value is -2.87. The van der Waals surface area contributed by atoms with Crippen molar-refractivity contribution >= 4 is 57.0 Å². The van der Waals surface area contributed by atoms with Gasteiger partial charge in [0.15, 0.2) is 0 Å². The molecule has 0 unspecified atom stereocenters. The second kappa shape index (κ2) is 9.17. The molecule has 5 rings (SSSR count). The van der Waals surface area contributed by atoms with Gasteiger partial charge in [0.1, 0.15) is 0 Å². The Kier molecular flexibility index (Phi) is 6.10. The number of imide groups is 1. The zero-order valence-corrected chi connectivity index (χ0v) is 19.7. The summed E-state index contributed by atoms with van der Waals surface area (Å²) >= 11 is 7.65. The molecule has 3 heterocycles. The first-order chi connectivity index (χ1) is 16.0. The number of carbonyl (C=O) groups excluding carboxylic acids is 2. The molecule has 8 heteroatoms. The number of hydrogen-bond acceptors (Lipinski definition) is 6. The van der Waals surface area contributed by atoms with E-state index in [9.17, 15) is 9.59 Å². The number of piperazine rings is 1. The standard InChI is InChI=1S/C25H23ClN4O2S/c1-2-29-9-11-30(12-10-29)21-6-5-18(15-20(21)26)23-19-13-16(3-4-17(19)7-8-27-23)14-22-24(31)28-25(32)33-22/h3-8,13-15H,2,9-12H2,1H3,(H,28,31,32). The monoisotopic (exact) mass is 478 g/mol. The van der Waals surface area contributed by atoms with E-state index in [1.807, 2.05) is 30.3 Å². The molecule has 0 saturated carbocycles. The number of nitrogens with zero attached hydrogens (tertiary/aromatic N) is 3. The molecule has 0 bridgehead atoms. The van der Waals surface area contributed by atoms with Crippen LogP contribution in [0.25, 0.3) is 28.1 Å². The number of hydrogen-bond donors (Lipinski definition) is 1. The number of amides is 2. The number of nitrogens with one attached hydrogen (secondary N) is 1. The minimum Gasteiger partial charge on any atom is -0.368 e. The van der Waals surface area contributed by atoms with Crippen LogP contribution in [0.2, 0.25) is 5.02 Å². The van der Waals surface area contributed by atoms with Crippen LogP contribution in [0.1, 0.15) is 12.5 Å². The van der Waals surface area contributed by atoms with Crippen LogP contribution in [0.15, 0.2) is 53.6 Å². The summed E-state index contributed by atoms with van der Waals surface area (Å²) in [5.41, 5.74) is 3.66. The van der Waals surface area contributed by atoms with Gasteiger partial charge in [-0.05, 0) is 59.6 Å². The van der Waals surface area contributed by atoms with Crippen molar-refractivity contribution in [3.05, 3.63) is 64.2 Å². The summed E-state index contributed by atoms with van der Waals surface area (Å²) in [6.45, 7) is 7.28. The number of anilines is 1. The third kappa shape index (κ3) is 4.49. The number of aromatic nitrogens is 1. The maximum absolute atomic E-state index is 11.9. The first-order valence-electron chi connectivity index (χ1n) is 10.9. The van der Waals surface area contributed by atoms with Gasteiger partial charge in [-0.1, -0.05) is 36.7 Å². The van der Waals surface area contributed by atoms with Gasteiger partial charge in [-0.3, -0.25) is 19.9 Å². The number of halogens is 1. The predicted molar refractivity (Wildman–Crippen MR) is 136 cm³/mol. The van der Waals surface area contributed by atoms with Crippen molar-refractivity contribution in [1.82, 2.24) is 15.2 Å². The third-order valence-corrected chi connectivity index (χ3v) is 7.22. The minimum atomic E-state index is -0.362. The fourth-order valence-corrected chi connectivity index (χ4v) is 5.28. The molecule has 33 heavy (non-hydrogen) atoms. The number of fused-ring (bicyclic) bond motifs is 1. The lowest BCUT2D eigenvalue weighted by Crippen LogP contribution is -2.46. The van der Waals surface area contributed by atoms with Crippen LogP contribution >= 0.6 is 23.4 Å². The van der Waals surface area contributed by atoms with Crippen molar-refractivity contribution in [2.24, 2.45) is 0 Å². The van der Waals surface area contributed by atoms with E-state index in [0.29, 0.717) is 9.93 Å². The summed E-state index contributed by atoms with van der Waals surface area (Å²) < 4.78 is 0. The van der Waals surface area contributed by atoms with Gasteiger partial charge in [-0.25, -0.2) is 0 Å². The van der Waals surface area contributed by atoms with Gasteiger partial charge in [0.05, 0.1) is 21.3 Å².